The summed E-state index contributed by atoms with van der Waals surface area (Å²) in [4.78, 5) is 12.0. The van der Waals surface area contributed by atoms with Gasteiger partial charge in [0, 0.05) is 18.5 Å². The van der Waals surface area contributed by atoms with Crippen molar-refractivity contribution >= 4 is 5.91 Å². The molecule has 21 heavy (non-hydrogen) atoms. The minimum atomic E-state index is -4.20. The lowest BCUT2D eigenvalue weighted by atomic mass is 10.0. The molecule has 0 aliphatic rings. The molecule has 0 saturated heterocycles. The molecule has 3 N–H and O–H groups in total. The maximum absolute atomic E-state index is 12.0. The van der Waals surface area contributed by atoms with Crippen LogP contribution >= 0.6 is 0 Å². The molecule has 0 aliphatic carbocycles. The monoisotopic (exact) mass is 298 g/mol. The Balaban J connectivity index is 2.69. The van der Waals surface area contributed by atoms with Crippen LogP contribution in [0.1, 0.15) is 34.3 Å². The molecule has 1 rings (SSSR count). The van der Waals surface area contributed by atoms with Crippen molar-refractivity contribution in [3.8, 4) is 11.8 Å². The number of nitrogens with two attached hydrogens (primary N) is 1. The predicted molar refractivity (Wildman–Crippen MR) is 74.7 cm³/mol. The number of carbonyl (C=O) groups excluding carboxylic acids is 1. The number of benzene rings is 1. The van der Waals surface area contributed by atoms with Crippen LogP contribution in [0.25, 0.3) is 0 Å². The second-order valence-corrected chi connectivity index (χ2v) is 4.53. The lowest BCUT2D eigenvalue weighted by Crippen LogP contribution is -2.26. The highest BCUT2D eigenvalue weighted by molar-refractivity contribution is 5.96. The molecule has 0 bridgehead atoms. The van der Waals surface area contributed by atoms with E-state index < -0.39 is 18.5 Å². The summed E-state index contributed by atoms with van der Waals surface area (Å²) in [5.41, 5.74) is 7.10. The Labute approximate surface area is 121 Å². The first-order chi connectivity index (χ1) is 9.83. The van der Waals surface area contributed by atoms with Crippen molar-refractivity contribution in [1.82, 2.24) is 5.32 Å². The number of halogens is 3. The van der Waals surface area contributed by atoms with E-state index in [1.54, 1.807) is 18.2 Å². The quantitative estimate of drug-likeness (QED) is 0.662. The summed E-state index contributed by atoms with van der Waals surface area (Å²) in [7, 11) is 0. The average molecular weight is 298 g/mol. The number of amides is 1. The van der Waals surface area contributed by atoms with E-state index in [0.717, 1.165) is 5.56 Å². The fourth-order valence-electron chi connectivity index (χ4n) is 1.69. The summed E-state index contributed by atoms with van der Waals surface area (Å²) in [5.74, 6) is 5.02. The highest BCUT2D eigenvalue weighted by Crippen LogP contribution is 2.20. The van der Waals surface area contributed by atoms with E-state index in [0.29, 0.717) is 11.1 Å². The Morgan fingerprint density at radius 1 is 1.38 bits per heavy atom. The molecule has 0 fully saturated rings. The fourth-order valence-corrected chi connectivity index (χ4v) is 1.69. The van der Waals surface area contributed by atoms with E-state index in [4.69, 9.17) is 5.73 Å². The SMILES string of the molecule is Cc1ccc(C(=O)NCCCC(F)(F)F)c(C#CCN)c1. The molecule has 0 radical (unpaired) electrons. The van der Waals surface area contributed by atoms with Crippen molar-refractivity contribution in [2.45, 2.75) is 25.9 Å². The number of alkyl halides is 3. The topological polar surface area (TPSA) is 55.1 Å². The maximum atomic E-state index is 12.0. The third-order valence-electron chi connectivity index (χ3n) is 2.67. The highest BCUT2D eigenvalue weighted by atomic mass is 19.4. The van der Waals surface area contributed by atoms with Gasteiger partial charge >= 0.3 is 6.18 Å². The number of rotatable bonds is 4. The molecule has 0 heterocycles. The Morgan fingerprint density at radius 2 is 2.10 bits per heavy atom. The van der Waals surface area contributed by atoms with E-state index in [1.165, 1.54) is 0 Å². The molecule has 1 amide bonds. The van der Waals surface area contributed by atoms with Crippen LogP contribution in [0.15, 0.2) is 18.2 Å². The number of hydrogen-bond donors (Lipinski definition) is 2. The minimum Gasteiger partial charge on any atom is -0.352 e. The second-order valence-electron chi connectivity index (χ2n) is 4.53. The van der Waals surface area contributed by atoms with Gasteiger partial charge in [-0.1, -0.05) is 17.9 Å². The van der Waals surface area contributed by atoms with Crippen LogP contribution in [0, 0.1) is 18.8 Å². The first kappa shape index (κ1) is 17.1. The number of nitrogens with one attached hydrogen (secondary N) is 1. The molecule has 0 saturated carbocycles. The molecule has 1 aromatic carbocycles. The Hall–Kier alpha value is -2.00. The van der Waals surface area contributed by atoms with E-state index in [9.17, 15) is 18.0 Å². The Kier molecular flexibility index (Phi) is 6.25. The average Bonchev–Trinajstić information content (AvgIpc) is 2.40. The van der Waals surface area contributed by atoms with E-state index in [1.807, 2.05) is 6.92 Å². The van der Waals surface area contributed by atoms with Gasteiger partial charge in [-0.15, -0.1) is 0 Å². The van der Waals surface area contributed by atoms with E-state index in [-0.39, 0.29) is 19.5 Å². The lowest BCUT2D eigenvalue weighted by Gasteiger charge is -2.09. The van der Waals surface area contributed by atoms with Crippen LogP contribution in [0.5, 0.6) is 0 Å². The van der Waals surface area contributed by atoms with Crippen LogP contribution < -0.4 is 11.1 Å². The van der Waals surface area contributed by atoms with Gasteiger partial charge in [0.2, 0.25) is 0 Å². The maximum Gasteiger partial charge on any atom is 0.389 e. The largest absolute Gasteiger partial charge is 0.389 e. The molecule has 6 heteroatoms. The molecule has 0 spiro atoms. The molecule has 0 atom stereocenters. The third kappa shape index (κ3) is 6.32. The first-order valence-electron chi connectivity index (χ1n) is 6.48. The van der Waals surface area contributed by atoms with Gasteiger partial charge in [-0.2, -0.15) is 13.2 Å². The molecule has 114 valence electrons. The number of aryl methyl sites for hydroxylation is 1. The summed E-state index contributed by atoms with van der Waals surface area (Å²) < 4.78 is 36.0. The van der Waals surface area contributed by atoms with Crippen molar-refractivity contribution < 1.29 is 18.0 Å². The zero-order valence-electron chi connectivity index (χ0n) is 11.7. The van der Waals surface area contributed by atoms with Gasteiger partial charge in [-0.3, -0.25) is 4.79 Å². The van der Waals surface area contributed by atoms with Crippen LogP contribution in [0.3, 0.4) is 0 Å². The van der Waals surface area contributed by atoms with Crippen molar-refractivity contribution in [3.63, 3.8) is 0 Å². The smallest absolute Gasteiger partial charge is 0.352 e. The van der Waals surface area contributed by atoms with Crippen LogP contribution in [0.4, 0.5) is 13.2 Å². The summed E-state index contributed by atoms with van der Waals surface area (Å²) in [6.07, 6.45) is -5.27. The first-order valence-corrected chi connectivity index (χ1v) is 6.48. The summed E-state index contributed by atoms with van der Waals surface area (Å²) >= 11 is 0. The van der Waals surface area contributed by atoms with Gasteiger partial charge < -0.3 is 11.1 Å². The molecule has 3 nitrogen and oxygen atoms in total. The van der Waals surface area contributed by atoms with Crippen LogP contribution in [-0.2, 0) is 0 Å². The zero-order chi connectivity index (χ0) is 15.9. The van der Waals surface area contributed by atoms with E-state index in [2.05, 4.69) is 17.2 Å². The van der Waals surface area contributed by atoms with Crippen molar-refractivity contribution in [3.05, 3.63) is 34.9 Å². The van der Waals surface area contributed by atoms with Gasteiger partial charge in [0.05, 0.1) is 12.1 Å². The van der Waals surface area contributed by atoms with Crippen LogP contribution in [0.2, 0.25) is 0 Å². The van der Waals surface area contributed by atoms with Gasteiger partial charge in [-0.05, 0) is 31.0 Å². The molecule has 1 aromatic rings. The number of carbonyl (C=O) groups is 1. The predicted octanol–water partition coefficient (Wildman–Crippen LogP) is 2.38. The molecular weight excluding hydrogens is 281 g/mol. The number of hydrogen-bond acceptors (Lipinski definition) is 2. The van der Waals surface area contributed by atoms with Crippen LogP contribution in [-0.4, -0.2) is 25.2 Å². The van der Waals surface area contributed by atoms with Gasteiger partial charge in [0.25, 0.3) is 5.91 Å². The van der Waals surface area contributed by atoms with Crippen molar-refractivity contribution in [2.75, 3.05) is 13.1 Å². The molecule has 0 aliphatic heterocycles. The van der Waals surface area contributed by atoms with Gasteiger partial charge in [0.1, 0.15) is 0 Å². The van der Waals surface area contributed by atoms with E-state index >= 15 is 0 Å². The molecule has 0 unspecified atom stereocenters. The lowest BCUT2D eigenvalue weighted by molar-refractivity contribution is -0.135. The minimum absolute atomic E-state index is 0.0318. The van der Waals surface area contributed by atoms with Crippen molar-refractivity contribution in [2.24, 2.45) is 5.73 Å². The standard InChI is InChI=1S/C15H17F3N2O/c1-11-5-6-13(12(10-11)4-2-8-19)14(21)20-9-3-7-15(16,17)18/h5-6,10H,3,7-9,19H2,1H3,(H,20,21). The Morgan fingerprint density at radius 3 is 2.71 bits per heavy atom. The van der Waals surface area contributed by atoms with Gasteiger partial charge in [0.15, 0.2) is 0 Å². The summed E-state index contributed by atoms with van der Waals surface area (Å²) in [6.45, 7) is 2.00. The third-order valence-corrected chi connectivity index (χ3v) is 2.67. The fraction of sp³-hybridized carbons (Fsp3) is 0.400. The van der Waals surface area contributed by atoms with Crippen molar-refractivity contribution in [1.29, 1.82) is 0 Å². The Bertz CT molecular complexity index is 556. The zero-order valence-corrected chi connectivity index (χ0v) is 11.7. The molecular formula is C15H17F3N2O. The second kappa shape index (κ2) is 7.70. The molecule has 0 aromatic heterocycles. The summed E-state index contributed by atoms with van der Waals surface area (Å²) in [5, 5.41) is 2.47. The van der Waals surface area contributed by atoms with Gasteiger partial charge in [-0.25, -0.2) is 0 Å². The normalized spacial score (nSPS) is 10.7. The highest BCUT2D eigenvalue weighted by Gasteiger charge is 2.26. The summed E-state index contributed by atoms with van der Waals surface area (Å²) in [6, 6.07) is 5.10.